The average Bonchev–Trinajstić information content (AvgIpc) is 2.92. The van der Waals surface area contributed by atoms with Crippen LogP contribution >= 0.6 is 0 Å². The Morgan fingerprint density at radius 3 is 2.35 bits per heavy atom. The van der Waals surface area contributed by atoms with Crippen LogP contribution in [0.25, 0.3) is 0 Å². The molecule has 1 aromatic carbocycles. The van der Waals surface area contributed by atoms with E-state index in [4.69, 9.17) is 0 Å². The average molecular weight is 354 g/mol. The summed E-state index contributed by atoms with van der Waals surface area (Å²) >= 11 is 0. The SMILES string of the molecule is CC1CCCCN1C(=O)c1ccc2c(c1)C(=O)N(C1CCCCC1)C2=O. The Labute approximate surface area is 154 Å². The van der Waals surface area contributed by atoms with Gasteiger partial charge in [-0.3, -0.25) is 19.3 Å². The molecule has 2 fully saturated rings. The normalized spacial score (nSPS) is 24.1. The van der Waals surface area contributed by atoms with Gasteiger partial charge >= 0.3 is 0 Å². The predicted octanol–water partition coefficient (Wildman–Crippen LogP) is 3.63. The number of benzene rings is 1. The molecule has 138 valence electrons. The van der Waals surface area contributed by atoms with Crippen molar-refractivity contribution in [3.8, 4) is 0 Å². The number of fused-ring (bicyclic) bond motifs is 1. The molecule has 0 spiro atoms. The molecule has 2 aliphatic heterocycles. The number of nitrogens with zero attached hydrogens (tertiary/aromatic N) is 2. The van der Waals surface area contributed by atoms with Gasteiger partial charge in [0.2, 0.25) is 0 Å². The minimum absolute atomic E-state index is 0.0115. The monoisotopic (exact) mass is 354 g/mol. The first-order valence-corrected chi connectivity index (χ1v) is 9.91. The second-order valence-corrected chi connectivity index (χ2v) is 7.88. The van der Waals surface area contributed by atoms with Crippen LogP contribution in [0, 0.1) is 0 Å². The van der Waals surface area contributed by atoms with Crippen LogP contribution in [0.5, 0.6) is 0 Å². The van der Waals surface area contributed by atoms with Crippen molar-refractivity contribution < 1.29 is 14.4 Å². The fourth-order valence-corrected chi connectivity index (χ4v) is 4.63. The van der Waals surface area contributed by atoms with Gasteiger partial charge in [0.25, 0.3) is 17.7 Å². The van der Waals surface area contributed by atoms with Gasteiger partial charge in [-0.15, -0.1) is 0 Å². The third-order valence-electron chi connectivity index (χ3n) is 6.17. The summed E-state index contributed by atoms with van der Waals surface area (Å²) in [5.41, 5.74) is 1.36. The number of amides is 3. The lowest BCUT2D eigenvalue weighted by atomic mass is 9.94. The quantitative estimate of drug-likeness (QED) is 0.762. The van der Waals surface area contributed by atoms with Crippen LogP contribution in [-0.4, -0.2) is 46.1 Å². The van der Waals surface area contributed by atoms with E-state index in [1.165, 1.54) is 11.3 Å². The zero-order valence-corrected chi connectivity index (χ0v) is 15.4. The van der Waals surface area contributed by atoms with Crippen LogP contribution in [0.3, 0.4) is 0 Å². The van der Waals surface area contributed by atoms with Gasteiger partial charge in [-0.2, -0.15) is 0 Å². The predicted molar refractivity (Wildman–Crippen MR) is 98.2 cm³/mol. The van der Waals surface area contributed by atoms with Crippen LogP contribution in [0.1, 0.15) is 89.4 Å². The maximum Gasteiger partial charge on any atom is 0.261 e. The second-order valence-electron chi connectivity index (χ2n) is 7.88. The standard InChI is InChI=1S/C21H26N2O3/c1-14-7-5-6-12-22(14)19(24)15-10-11-17-18(13-15)21(26)23(20(17)25)16-8-3-2-4-9-16/h10-11,13-14,16H,2-9,12H2,1H3. The van der Waals surface area contributed by atoms with Crippen molar-refractivity contribution in [1.29, 1.82) is 0 Å². The highest BCUT2D eigenvalue weighted by molar-refractivity contribution is 6.22. The first-order valence-electron chi connectivity index (χ1n) is 9.91. The lowest BCUT2D eigenvalue weighted by Gasteiger charge is -2.33. The first kappa shape index (κ1) is 17.3. The number of carbonyl (C=O) groups is 3. The molecule has 0 aromatic heterocycles. The van der Waals surface area contributed by atoms with Gasteiger partial charge < -0.3 is 4.90 Å². The highest BCUT2D eigenvalue weighted by atomic mass is 16.2. The van der Waals surface area contributed by atoms with Gasteiger partial charge in [0, 0.05) is 24.2 Å². The van der Waals surface area contributed by atoms with Crippen LogP contribution < -0.4 is 0 Å². The molecule has 3 amide bonds. The number of carbonyl (C=O) groups excluding carboxylic acids is 3. The highest BCUT2D eigenvalue weighted by Gasteiger charge is 2.40. The lowest BCUT2D eigenvalue weighted by molar-refractivity contribution is 0.0548. The Morgan fingerprint density at radius 2 is 1.62 bits per heavy atom. The molecule has 26 heavy (non-hydrogen) atoms. The molecule has 1 saturated carbocycles. The number of hydrogen-bond acceptors (Lipinski definition) is 3. The van der Waals surface area contributed by atoms with Crippen molar-refractivity contribution in [3.05, 3.63) is 34.9 Å². The molecule has 0 N–H and O–H groups in total. The van der Waals surface area contributed by atoms with E-state index in [1.54, 1.807) is 18.2 Å². The summed E-state index contributed by atoms with van der Waals surface area (Å²) in [4.78, 5) is 41.9. The van der Waals surface area contributed by atoms with E-state index in [9.17, 15) is 14.4 Å². The van der Waals surface area contributed by atoms with E-state index in [-0.39, 0.29) is 29.8 Å². The third-order valence-corrected chi connectivity index (χ3v) is 6.17. The Morgan fingerprint density at radius 1 is 0.923 bits per heavy atom. The molecular weight excluding hydrogens is 328 g/mol. The van der Waals surface area contributed by atoms with Crippen molar-refractivity contribution in [1.82, 2.24) is 9.80 Å². The zero-order chi connectivity index (χ0) is 18.3. The molecule has 1 saturated heterocycles. The summed E-state index contributed by atoms with van der Waals surface area (Å²) in [6, 6.07) is 5.25. The summed E-state index contributed by atoms with van der Waals surface area (Å²) in [6.07, 6.45) is 8.27. The summed E-state index contributed by atoms with van der Waals surface area (Å²) in [6.45, 7) is 2.84. The van der Waals surface area contributed by atoms with Gasteiger partial charge in [0.05, 0.1) is 11.1 Å². The number of hydrogen-bond donors (Lipinski definition) is 0. The first-order chi connectivity index (χ1) is 12.6. The molecule has 5 heteroatoms. The zero-order valence-electron chi connectivity index (χ0n) is 15.4. The summed E-state index contributed by atoms with van der Waals surface area (Å²) in [5, 5.41) is 0. The van der Waals surface area contributed by atoms with Crippen molar-refractivity contribution >= 4 is 17.7 Å². The Kier molecular flexibility index (Phi) is 4.55. The second kappa shape index (κ2) is 6.86. The van der Waals surface area contributed by atoms with Gasteiger partial charge in [-0.25, -0.2) is 0 Å². The van der Waals surface area contributed by atoms with Crippen molar-refractivity contribution in [2.24, 2.45) is 0 Å². The molecule has 2 heterocycles. The van der Waals surface area contributed by atoms with Crippen LogP contribution in [0.15, 0.2) is 18.2 Å². The summed E-state index contributed by atoms with van der Waals surface area (Å²) in [5.74, 6) is -0.447. The molecule has 3 aliphatic rings. The van der Waals surface area contributed by atoms with Crippen molar-refractivity contribution in [2.45, 2.75) is 70.4 Å². The lowest BCUT2D eigenvalue weighted by Crippen LogP contribution is -2.42. The molecular formula is C21H26N2O3. The maximum atomic E-state index is 12.9. The molecule has 0 radical (unpaired) electrons. The molecule has 5 nitrogen and oxygen atoms in total. The van der Waals surface area contributed by atoms with Crippen LogP contribution in [0.2, 0.25) is 0 Å². The minimum atomic E-state index is -0.224. The van der Waals surface area contributed by atoms with E-state index in [2.05, 4.69) is 6.92 Å². The largest absolute Gasteiger partial charge is 0.336 e. The summed E-state index contributed by atoms with van der Waals surface area (Å²) in [7, 11) is 0. The fourth-order valence-electron chi connectivity index (χ4n) is 4.63. The smallest absolute Gasteiger partial charge is 0.261 e. The van der Waals surface area contributed by atoms with Gasteiger partial charge in [-0.05, 0) is 57.2 Å². The van der Waals surface area contributed by atoms with Gasteiger partial charge in [0.1, 0.15) is 0 Å². The highest BCUT2D eigenvalue weighted by Crippen LogP contribution is 2.32. The summed E-state index contributed by atoms with van der Waals surface area (Å²) < 4.78 is 0. The fraction of sp³-hybridized carbons (Fsp3) is 0.571. The molecule has 1 unspecified atom stereocenters. The molecule has 0 bridgehead atoms. The van der Waals surface area contributed by atoms with Crippen LogP contribution in [0.4, 0.5) is 0 Å². The molecule has 1 atom stereocenters. The van der Waals surface area contributed by atoms with Crippen LogP contribution in [-0.2, 0) is 0 Å². The molecule has 4 rings (SSSR count). The van der Waals surface area contributed by atoms with Gasteiger partial charge in [-0.1, -0.05) is 19.3 Å². The van der Waals surface area contributed by atoms with E-state index in [1.807, 2.05) is 4.90 Å². The maximum absolute atomic E-state index is 12.9. The topological polar surface area (TPSA) is 57.7 Å². The van der Waals surface area contributed by atoms with Crippen molar-refractivity contribution in [3.63, 3.8) is 0 Å². The Bertz CT molecular complexity index is 752. The number of piperidine rings is 1. The van der Waals surface area contributed by atoms with E-state index in [0.717, 1.165) is 51.5 Å². The Hall–Kier alpha value is -2.17. The number of rotatable bonds is 2. The Balaban J connectivity index is 1.60. The third kappa shape index (κ3) is 2.83. The number of imide groups is 1. The minimum Gasteiger partial charge on any atom is -0.336 e. The van der Waals surface area contributed by atoms with E-state index < -0.39 is 0 Å². The number of likely N-dealkylation sites (tertiary alicyclic amines) is 1. The van der Waals surface area contributed by atoms with Gasteiger partial charge in [0.15, 0.2) is 0 Å². The van der Waals surface area contributed by atoms with E-state index in [0.29, 0.717) is 16.7 Å². The molecule has 1 aliphatic carbocycles. The molecule has 1 aromatic rings. The van der Waals surface area contributed by atoms with E-state index >= 15 is 0 Å². The van der Waals surface area contributed by atoms with Crippen molar-refractivity contribution in [2.75, 3.05) is 6.54 Å².